The van der Waals surface area contributed by atoms with Gasteiger partial charge in [-0.25, -0.2) is 4.79 Å². The number of fused-ring (bicyclic) bond motifs is 3. The molecule has 4 atom stereocenters. The van der Waals surface area contributed by atoms with Crippen LogP contribution in [0.3, 0.4) is 0 Å². The molecule has 0 aromatic rings. The Kier molecular flexibility index (Phi) is 3.89. The van der Waals surface area contributed by atoms with Crippen molar-refractivity contribution in [1.29, 1.82) is 0 Å². The highest BCUT2D eigenvalue weighted by Crippen LogP contribution is 2.49. The average Bonchev–Trinajstić information content (AvgIpc) is 2.77. The molecule has 4 N–H and O–H groups in total. The Labute approximate surface area is 133 Å². The number of carboxylic acids is 1. The molecular formula is C15H21N3O5. The molecule has 0 saturated carbocycles. The predicted molar refractivity (Wildman–Crippen MR) is 78.8 cm³/mol. The van der Waals surface area contributed by atoms with E-state index < -0.39 is 18.0 Å². The molecule has 0 spiro atoms. The topological polar surface area (TPSA) is 124 Å². The summed E-state index contributed by atoms with van der Waals surface area (Å²) >= 11 is 0. The first-order chi connectivity index (χ1) is 10.9. The first kappa shape index (κ1) is 15.9. The maximum Gasteiger partial charge on any atom is 0.352 e. The van der Waals surface area contributed by atoms with Crippen molar-refractivity contribution in [3.05, 3.63) is 11.3 Å². The van der Waals surface area contributed by atoms with Gasteiger partial charge in [0.15, 0.2) is 0 Å². The van der Waals surface area contributed by atoms with Crippen LogP contribution in [-0.4, -0.2) is 69.6 Å². The molecule has 0 unspecified atom stereocenters. The number of carboxylic acid groups (broad SMARTS) is 1. The summed E-state index contributed by atoms with van der Waals surface area (Å²) in [5.41, 5.74) is 6.02. The molecule has 8 nitrogen and oxygen atoms in total. The normalized spacial score (nSPS) is 30.7. The molecular weight excluding hydrogens is 302 g/mol. The van der Waals surface area contributed by atoms with Gasteiger partial charge < -0.3 is 25.7 Å². The van der Waals surface area contributed by atoms with Gasteiger partial charge in [0.2, 0.25) is 11.8 Å². The van der Waals surface area contributed by atoms with Gasteiger partial charge in [-0.3, -0.25) is 9.59 Å². The third-order valence-electron chi connectivity index (χ3n) is 5.10. The molecule has 0 aromatic carbocycles. The van der Waals surface area contributed by atoms with Crippen LogP contribution < -0.4 is 5.73 Å². The van der Waals surface area contributed by atoms with Gasteiger partial charge in [-0.15, -0.1) is 0 Å². The van der Waals surface area contributed by atoms with Crippen LogP contribution in [0, 0.1) is 11.8 Å². The van der Waals surface area contributed by atoms with Crippen molar-refractivity contribution in [2.75, 3.05) is 19.6 Å². The number of likely N-dealkylation sites (tertiary alicyclic amines) is 1. The van der Waals surface area contributed by atoms with Crippen molar-refractivity contribution in [2.24, 2.45) is 17.6 Å². The zero-order valence-corrected chi connectivity index (χ0v) is 12.9. The first-order valence-electron chi connectivity index (χ1n) is 7.83. The van der Waals surface area contributed by atoms with Crippen LogP contribution in [0.5, 0.6) is 0 Å². The third-order valence-corrected chi connectivity index (χ3v) is 5.10. The fourth-order valence-corrected chi connectivity index (χ4v) is 4.10. The number of nitrogens with two attached hydrogens (primary N) is 1. The maximum absolute atomic E-state index is 12.2. The van der Waals surface area contributed by atoms with Gasteiger partial charge in [-0.05, 0) is 18.9 Å². The molecule has 0 bridgehead atoms. The largest absolute Gasteiger partial charge is 0.477 e. The van der Waals surface area contributed by atoms with Gasteiger partial charge >= 0.3 is 5.97 Å². The number of piperidine rings is 1. The van der Waals surface area contributed by atoms with Gasteiger partial charge in [-0.2, -0.15) is 0 Å². The molecule has 2 amide bonds. The number of hydrogen-bond acceptors (Lipinski definition) is 5. The quantitative estimate of drug-likeness (QED) is 0.555. The number of amides is 2. The van der Waals surface area contributed by atoms with E-state index in [1.54, 1.807) is 11.8 Å². The number of β-lactam (4-membered cyclic amide) rings is 1. The minimum atomic E-state index is -1.15. The summed E-state index contributed by atoms with van der Waals surface area (Å²) in [6, 6.07) is -0.296. The number of hydrogen-bond donors (Lipinski definition) is 3. The van der Waals surface area contributed by atoms with Crippen LogP contribution in [0.1, 0.15) is 19.8 Å². The second-order valence-corrected chi connectivity index (χ2v) is 6.39. The van der Waals surface area contributed by atoms with Crippen LogP contribution >= 0.6 is 0 Å². The van der Waals surface area contributed by atoms with Gasteiger partial charge in [-0.1, -0.05) is 0 Å². The Morgan fingerprint density at radius 3 is 2.70 bits per heavy atom. The van der Waals surface area contributed by atoms with Gasteiger partial charge in [0, 0.05) is 32.0 Å². The Morgan fingerprint density at radius 1 is 1.43 bits per heavy atom. The van der Waals surface area contributed by atoms with E-state index in [1.807, 2.05) is 0 Å². The van der Waals surface area contributed by atoms with Crippen LogP contribution in [-0.2, 0) is 14.4 Å². The third kappa shape index (κ3) is 2.24. The maximum atomic E-state index is 12.2. The number of aliphatic carboxylic acids is 1. The fourth-order valence-electron chi connectivity index (χ4n) is 4.10. The number of carbonyl (C=O) groups is 3. The standard InChI is InChI=1S/C15H21N3O5/c1-7(19)11-12-8-3-5-17(10(20)2-4-16)6-9(8)13(15(22)23)18(12)14(11)21/h7-8,11-12,19H,2-6,16H2,1H3,(H,22,23)/t7-,8+,11-,12-/m1/s1. The van der Waals surface area contributed by atoms with Crippen molar-refractivity contribution < 1.29 is 24.6 Å². The molecule has 3 rings (SSSR count). The van der Waals surface area contributed by atoms with E-state index in [4.69, 9.17) is 5.73 Å². The molecule has 3 heterocycles. The Bertz CT molecular complexity index is 600. The Balaban J connectivity index is 1.90. The van der Waals surface area contributed by atoms with Crippen LogP contribution in [0.4, 0.5) is 0 Å². The van der Waals surface area contributed by atoms with Crippen molar-refractivity contribution in [2.45, 2.75) is 31.9 Å². The predicted octanol–water partition coefficient (Wildman–Crippen LogP) is -1.26. The molecule has 23 heavy (non-hydrogen) atoms. The summed E-state index contributed by atoms with van der Waals surface area (Å²) in [5.74, 6) is -2.25. The molecule has 0 radical (unpaired) electrons. The van der Waals surface area contributed by atoms with E-state index in [0.29, 0.717) is 18.5 Å². The van der Waals surface area contributed by atoms with E-state index in [9.17, 15) is 24.6 Å². The molecule has 2 saturated heterocycles. The van der Waals surface area contributed by atoms with E-state index >= 15 is 0 Å². The van der Waals surface area contributed by atoms with Gasteiger partial charge in [0.25, 0.3) is 0 Å². The van der Waals surface area contributed by atoms with Gasteiger partial charge in [0.05, 0.1) is 18.1 Å². The van der Waals surface area contributed by atoms with Crippen LogP contribution in [0.25, 0.3) is 0 Å². The van der Waals surface area contributed by atoms with E-state index in [1.165, 1.54) is 4.90 Å². The molecule has 8 heteroatoms. The number of aliphatic hydroxyl groups excluding tert-OH is 1. The van der Waals surface area contributed by atoms with E-state index in [-0.39, 0.29) is 49.0 Å². The first-order valence-corrected chi connectivity index (χ1v) is 7.83. The lowest BCUT2D eigenvalue weighted by atomic mass is 9.74. The number of rotatable bonds is 4. The Morgan fingerprint density at radius 2 is 2.13 bits per heavy atom. The summed E-state index contributed by atoms with van der Waals surface area (Å²) in [4.78, 5) is 38.8. The molecule has 3 aliphatic rings. The summed E-state index contributed by atoms with van der Waals surface area (Å²) in [6.07, 6.45) is 0.0121. The van der Waals surface area contributed by atoms with Crippen molar-refractivity contribution in [3.63, 3.8) is 0 Å². The van der Waals surface area contributed by atoms with Crippen LogP contribution in [0.2, 0.25) is 0 Å². The highest BCUT2D eigenvalue weighted by atomic mass is 16.4. The van der Waals surface area contributed by atoms with E-state index in [0.717, 1.165) is 0 Å². The molecule has 2 fully saturated rings. The second kappa shape index (κ2) is 5.61. The summed E-state index contributed by atoms with van der Waals surface area (Å²) in [5, 5.41) is 19.3. The zero-order chi connectivity index (χ0) is 16.9. The average molecular weight is 323 g/mol. The molecule has 3 aliphatic heterocycles. The van der Waals surface area contributed by atoms with Gasteiger partial charge in [0.1, 0.15) is 5.70 Å². The molecule has 0 aromatic heterocycles. The highest BCUT2D eigenvalue weighted by Gasteiger charge is 2.61. The number of aliphatic hydroxyl groups is 1. The second-order valence-electron chi connectivity index (χ2n) is 6.39. The Hall–Kier alpha value is -1.93. The minimum absolute atomic E-state index is 0.00727. The SMILES string of the molecule is C[C@@H](O)[C@H]1C(=O)N2C(C(=O)O)=C3CN(C(=O)CCN)CC[C@@H]3[C@H]12. The van der Waals surface area contributed by atoms with Crippen molar-refractivity contribution >= 4 is 17.8 Å². The van der Waals surface area contributed by atoms with Crippen LogP contribution in [0.15, 0.2) is 11.3 Å². The van der Waals surface area contributed by atoms with Crippen molar-refractivity contribution in [3.8, 4) is 0 Å². The summed E-state index contributed by atoms with van der Waals surface area (Å²) < 4.78 is 0. The smallest absolute Gasteiger partial charge is 0.352 e. The van der Waals surface area contributed by atoms with Crippen molar-refractivity contribution in [1.82, 2.24) is 9.80 Å². The highest BCUT2D eigenvalue weighted by molar-refractivity contribution is 6.00. The summed E-state index contributed by atoms with van der Waals surface area (Å²) in [6.45, 7) is 2.54. The minimum Gasteiger partial charge on any atom is -0.477 e. The lowest BCUT2D eigenvalue weighted by Crippen LogP contribution is -2.64. The fraction of sp³-hybridized carbons (Fsp3) is 0.667. The zero-order valence-electron chi connectivity index (χ0n) is 12.9. The number of nitrogens with zero attached hydrogens (tertiary/aromatic N) is 2. The molecule has 126 valence electrons. The monoisotopic (exact) mass is 323 g/mol. The molecule has 0 aliphatic carbocycles. The lowest BCUT2D eigenvalue weighted by molar-refractivity contribution is -0.163. The summed E-state index contributed by atoms with van der Waals surface area (Å²) in [7, 11) is 0. The lowest BCUT2D eigenvalue weighted by Gasteiger charge is -2.47. The van der Waals surface area contributed by atoms with E-state index in [2.05, 4.69) is 0 Å². The number of carbonyl (C=O) groups excluding carboxylic acids is 2.